The van der Waals surface area contributed by atoms with Crippen molar-refractivity contribution in [1.82, 2.24) is 4.57 Å². The van der Waals surface area contributed by atoms with Gasteiger partial charge in [-0.2, -0.15) is 0 Å². The van der Waals surface area contributed by atoms with Gasteiger partial charge in [0.1, 0.15) is 5.75 Å². The van der Waals surface area contributed by atoms with Crippen molar-refractivity contribution < 1.29 is 19.1 Å². The summed E-state index contributed by atoms with van der Waals surface area (Å²) in [7, 11) is 0. The third-order valence-corrected chi connectivity index (χ3v) is 4.79. The molecule has 3 aromatic carbocycles. The Bertz CT molecular complexity index is 1280. The van der Waals surface area contributed by atoms with Gasteiger partial charge in [0, 0.05) is 47.5 Å². The number of aromatic nitrogens is 1. The summed E-state index contributed by atoms with van der Waals surface area (Å²) >= 11 is 0. The maximum absolute atomic E-state index is 12.5. The molecule has 1 aromatic heterocycles. The Morgan fingerprint density at radius 1 is 0.697 bits per heavy atom. The third kappa shape index (κ3) is 5.54. The van der Waals surface area contributed by atoms with Crippen LogP contribution in [0.1, 0.15) is 27.6 Å². The number of amides is 2. The molecule has 0 radical (unpaired) electrons. The lowest BCUT2D eigenvalue weighted by molar-refractivity contribution is -0.131. The Hall–Kier alpha value is -4.65. The monoisotopic (exact) mass is 439 g/mol. The van der Waals surface area contributed by atoms with E-state index in [0.29, 0.717) is 28.3 Å². The molecule has 0 saturated carbocycles. The lowest BCUT2D eigenvalue weighted by Gasteiger charge is -2.09. The molecule has 0 bridgehead atoms. The molecule has 0 spiro atoms. The number of benzene rings is 3. The van der Waals surface area contributed by atoms with Crippen molar-refractivity contribution in [1.29, 1.82) is 0 Å². The van der Waals surface area contributed by atoms with Gasteiger partial charge in [-0.25, -0.2) is 0 Å². The number of hydrogen-bond donors (Lipinski definition) is 2. The molecular formula is C26H21N3O4. The van der Waals surface area contributed by atoms with Gasteiger partial charge in [-0.3, -0.25) is 14.4 Å². The quantitative estimate of drug-likeness (QED) is 0.330. The van der Waals surface area contributed by atoms with E-state index in [0.717, 1.165) is 5.69 Å². The standard InChI is InChI=1S/C26H21N3O4/c1-18(30)33-24-6-4-5-20(17-24)26(32)28-22-11-9-21(10-12-22)27-25(31)19-7-13-23(14-8-19)29-15-2-3-16-29/h2-17H,1H3,(H,27,31)(H,28,32). The summed E-state index contributed by atoms with van der Waals surface area (Å²) in [5.74, 6) is -0.728. The molecule has 2 amide bonds. The number of ether oxygens (including phenoxy) is 1. The molecule has 0 fully saturated rings. The Balaban J connectivity index is 1.36. The molecule has 0 atom stereocenters. The summed E-state index contributed by atoms with van der Waals surface area (Å²) in [5.41, 5.74) is 3.02. The van der Waals surface area contributed by atoms with Gasteiger partial charge < -0.3 is 19.9 Å². The van der Waals surface area contributed by atoms with Gasteiger partial charge in [0.2, 0.25) is 0 Å². The Labute approximate surface area is 190 Å². The van der Waals surface area contributed by atoms with E-state index in [1.54, 1.807) is 54.6 Å². The lowest BCUT2D eigenvalue weighted by atomic mass is 10.1. The average Bonchev–Trinajstić information content (AvgIpc) is 3.35. The molecule has 0 aliphatic carbocycles. The van der Waals surface area contributed by atoms with Crippen LogP contribution in [0.2, 0.25) is 0 Å². The highest BCUT2D eigenvalue weighted by Crippen LogP contribution is 2.18. The minimum Gasteiger partial charge on any atom is -0.427 e. The molecule has 7 heteroatoms. The number of rotatable bonds is 6. The zero-order valence-corrected chi connectivity index (χ0v) is 17.8. The number of carbonyl (C=O) groups is 3. The summed E-state index contributed by atoms with van der Waals surface area (Å²) in [6.45, 7) is 1.30. The number of nitrogens with zero attached hydrogens (tertiary/aromatic N) is 1. The highest BCUT2D eigenvalue weighted by molar-refractivity contribution is 6.06. The Morgan fingerprint density at radius 3 is 1.85 bits per heavy atom. The van der Waals surface area contributed by atoms with Crippen LogP contribution in [0.25, 0.3) is 5.69 Å². The van der Waals surface area contributed by atoms with Crippen molar-refractivity contribution >= 4 is 29.2 Å². The smallest absolute Gasteiger partial charge is 0.308 e. The molecule has 2 N–H and O–H groups in total. The van der Waals surface area contributed by atoms with Gasteiger partial charge in [0.15, 0.2) is 0 Å². The first-order chi connectivity index (χ1) is 16.0. The maximum Gasteiger partial charge on any atom is 0.308 e. The van der Waals surface area contributed by atoms with Gasteiger partial charge in [-0.15, -0.1) is 0 Å². The second-order valence-corrected chi connectivity index (χ2v) is 7.24. The molecule has 0 unspecified atom stereocenters. The molecule has 0 saturated heterocycles. The normalized spacial score (nSPS) is 10.3. The largest absolute Gasteiger partial charge is 0.427 e. The van der Waals surface area contributed by atoms with Crippen LogP contribution in [0, 0.1) is 0 Å². The summed E-state index contributed by atoms with van der Waals surface area (Å²) in [6.07, 6.45) is 3.87. The van der Waals surface area contributed by atoms with E-state index in [2.05, 4.69) is 10.6 Å². The Morgan fingerprint density at radius 2 is 1.27 bits per heavy atom. The van der Waals surface area contributed by atoms with Crippen LogP contribution in [0.15, 0.2) is 97.3 Å². The average molecular weight is 439 g/mol. The van der Waals surface area contributed by atoms with Gasteiger partial charge in [-0.1, -0.05) is 6.07 Å². The van der Waals surface area contributed by atoms with Gasteiger partial charge in [0.25, 0.3) is 11.8 Å². The lowest BCUT2D eigenvalue weighted by Crippen LogP contribution is -2.13. The molecule has 4 rings (SSSR count). The van der Waals surface area contributed by atoms with Crippen LogP contribution in [0.5, 0.6) is 5.75 Å². The van der Waals surface area contributed by atoms with E-state index in [-0.39, 0.29) is 11.8 Å². The van der Waals surface area contributed by atoms with Crippen LogP contribution in [0.4, 0.5) is 11.4 Å². The summed E-state index contributed by atoms with van der Waals surface area (Å²) in [4.78, 5) is 36.1. The van der Waals surface area contributed by atoms with Crippen molar-refractivity contribution in [3.63, 3.8) is 0 Å². The van der Waals surface area contributed by atoms with Crippen molar-refractivity contribution in [3.8, 4) is 11.4 Å². The van der Waals surface area contributed by atoms with E-state index < -0.39 is 5.97 Å². The molecule has 1 heterocycles. The molecule has 0 aliphatic rings. The third-order valence-electron chi connectivity index (χ3n) is 4.79. The van der Waals surface area contributed by atoms with Crippen LogP contribution in [-0.4, -0.2) is 22.4 Å². The van der Waals surface area contributed by atoms with E-state index in [1.165, 1.54) is 13.0 Å². The first-order valence-corrected chi connectivity index (χ1v) is 10.2. The van der Waals surface area contributed by atoms with E-state index in [1.807, 2.05) is 41.2 Å². The van der Waals surface area contributed by atoms with E-state index in [4.69, 9.17) is 4.74 Å². The fourth-order valence-corrected chi connectivity index (χ4v) is 3.20. The van der Waals surface area contributed by atoms with Crippen LogP contribution < -0.4 is 15.4 Å². The van der Waals surface area contributed by atoms with Crippen molar-refractivity contribution in [2.75, 3.05) is 10.6 Å². The predicted octanol–water partition coefficient (Wildman–Crippen LogP) is 4.91. The van der Waals surface area contributed by atoms with Gasteiger partial charge in [0.05, 0.1) is 0 Å². The zero-order valence-electron chi connectivity index (χ0n) is 17.8. The predicted molar refractivity (Wildman–Crippen MR) is 126 cm³/mol. The summed E-state index contributed by atoms with van der Waals surface area (Å²) in [5, 5.41) is 5.62. The van der Waals surface area contributed by atoms with Gasteiger partial charge >= 0.3 is 5.97 Å². The van der Waals surface area contributed by atoms with Crippen molar-refractivity contribution in [2.24, 2.45) is 0 Å². The number of esters is 1. The zero-order chi connectivity index (χ0) is 23.2. The second-order valence-electron chi connectivity index (χ2n) is 7.24. The highest BCUT2D eigenvalue weighted by Gasteiger charge is 2.10. The topological polar surface area (TPSA) is 89.4 Å². The first kappa shape index (κ1) is 21.6. The molecule has 33 heavy (non-hydrogen) atoms. The van der Waals surface area contributed by atoms with Crippen LogP contribution >= 0.6 is 0 Å². The number of carbonyl (C=O) groups excluding carboxylic acids is 3. The second kappa shape index (κ2) is 9.65. The van der Waals surface area contributed by atoms with Crippen LogP contribution in [0.3, 0.4) is 0 Å². The van der Waals surface area contributed by atoms with E-state index >= 15 is 0 Å². The molecule has 7 nitrogen and oxygen atoms in total. The van der Waals surface area contributed by atoms with Crippen LogP contribution in [-0.2, 0) is 4.79 Å². The molecule has 4 aromatic rings. The van der Waals surface area contributed by atoms with Crippen molar-refractivity contribution in [2.45, 2.75) is 6.92 Å². The van der Waals surface area contributed by atoms with Gasteiger partial charge in [-0.05, 0) is 78.9 Å². The van der Waals surface area contributed by atoms with E-state index in [9.17, 15) is 14.4 Å². The number of anilines is 2. The molecule has 164 valence electrons. The SMILES string of the molecule is CC(=O)Oc1cccc(C(=O)Nc2ccc(NC(=O)c3ccc(-n4cccc4)cc3)cc2)c1. The first-order valence-electron chi connectivity index (χ1n) is 10.2. The maximum atomic E-state index is 12.5. The Kier molecular flexibility index (Phi) is 6.31. The minimum absolute atomic E-state index is 0.229. The summed E-state index contributed by atoms with van der Waals surface area (Å²) < 4.78 is 6.97. The highest BCUT2D eigenvalue weighted by atomic mass is 16.5. The van der Waals surface area contributed by atoms with Crippen molar-refractivity contribution in [3.05, 3.63) is 108 Å². The fourth-order valence-electron chi connectivity index (χ4n) is 3.20. The molecular weight excluding hydrogens is 418 g/mol. The number of hydrogen-bond acceptors (Lipinski definition) is 4. The summed E-state index contributed by atoms with van der Waals surface area (Å²) in [6, 6.07) is 24.3. The number of nitrogens with one attached hydrogen (secondary N) is 2. The fraction of sp³-hybridized carbons (Fsp3) is 0.0385. The molecule has 0 aliphatic heterocycles. The minimum atomic E-state index is -0.456.